The van der Waals surface area contributed by atoms with Crippen molar-refractivity contribution in [1.29, 1.82) is 0 Å². The van der Waals surface area contributed by atoms with Gasteiger partial charge in [-0.2, -0.15) is 0 Å². The summed E-state index contributed by atoms with van der Waals surface area (Å²) in [6.07, 6.45) is 1.60. The first-order chi connectivity index (χ1) is 22.7. The number of primary sulfonamides is 1. The molecule has 5 N–H and O–H groups in total. The number of rotatable bonds is 11. The number of nitrogens with two attached hydrogens (primary N) is 1. The lowest BCUT2D eigenvalue weighted by Crippen LogP contribution is -2.30. The van der Waals surface area contributed by atoms with Gasteiger partial charge in [0.15, 0.2) is 0 Å². The van der Waals surface area contributed by atoms with E-state index in [-0.39, 0.29) is 16.5 Å². The molecular weight excluding hydrogens is 633 g/mol. The monoisotopic (exact) mass is 662 g/mol. The Bertz CT molecular complexity index is 1990. The smallest absolute Gasteiger partial charge is 0.272 e. The summed E-state index contributed by atoms with van der Waals surface area (Å²) in [6, 6.07) is 39.7. The fourth-order valence-electron chi connectivity index (χ4n) is 4.45. The van der Waals surface area contributed by atoms with Crippen molar-refractivity contribution in [2.24, 2.45) is 5.14 Å². The van der Waals surface area contributed by atoms with E-state index in [4.69, 9.17) is 5.14 Å². The van der Waals surface area contributed by atoms with E-state index in [1.807, 2.05) is 60.7 Å². The molecule has 9 nitrogen and oxygen atoms in total. The molecule has 0 bridgehead atoms. The molecule has 236 valence electrons. The molecule has 47 heavy (non-hydrogen) atoms. The Morgan fingerprint density at radius 1 is 0.660 bits per heavy atom. The second kappa shape index (κ2) is 15.2. The first kappa shape index (κ1) is 32.9. The molecule has 0 aliphatic heterocycles. The Morgan fingerprint density at radius 3 is 1.79 bits per heavy atom. The fourth-order valence-corrected chi connectivity index (χ4v) is 5.99. The van der Waals surface area contributed by atoms with Gasteiger partial charge in [0.05, 0.1) is 4.90 Å². The van der Waals surface area contributed by atoms with E-state index in [0.717, 1.165) is 16.0 Å². The van der Waals surface area contributed by atoms with E-state index >= 15 is 0 Å². The summed E-state index contributed by atoms with van der Waals surface area (Å²) in [5.41, 5.74) is 2.89. The lowest BCUT2D eigenvalue weighted by Gasteiger charge is -2.18. The highest BCUT2D eigenvalue weighted by molar-refractivity contribution is 8.00. The minimum absolute atomic E-state index is 0.0575. The van der Waals surface area contributed by atoms with Crippen molar-refractivity contribution in [3.8, 4) is 0 Å². The SMILES string of the molecule is NS(=O)(=O)c1ccc(NC(=O)C(Sc2ccc(NC(=O)/C(=C/c3ccccc3)NC(=O)c3ccccc3)cc2)c2ccccc2)cc1. The van der Waals surface area contributed by atoms with Crippen molar-refractivity contribution in [2.75, 3.05) is 10.6 Å². The topological polar surface area (TPSA) is 147 Å². The zero-order valence-electron chi connectivity index (χ0n) is 24.9. The minimum Gasteiger partial charge on any atom is -0.325 e. The third kappa shape index (κ3) is 9.27. The number of hydrogen-bond donors (Lipinski definition) is 4. The van der Waals surface area contributed by atoms with Crippen LogP contribution < -0.4 is 21.1 Å². The van der Waals surface area contributed by atoms with Crippen LogP contribution >= 0.6 is 11.8 Å². The van der Waals surface area contributed by atoms with Gasteiger partial charge in [-0.05, 0) is 77.9 Å². The largest absolute Gasteiger partial charge is 0.325 e. The van der Waals surface area contributed by atoms with Gasteiger partial charge in [-0.15, -0.1) is 11.8 Å². The average Bonchev–Trinajstić information content (AvgIpc) is 3.08. The summed E-state index contributed by atoms with van der Waals surface area (Å²) in [5, 5.41) is 12.9. The van der Waals surface area contributed by atoms with E-state index in [0.29, 0.717) is 16.9 Å². The lowest BCUT2D eigenvalue weighted by atomic mass is 10.1. The second-order valence-electron chi connectivity index (χ2n) is 10.2. The van der Waals surface area contributed by atoms with Crippen molar-refractivity contribution in [3.05, 3.63) is 162 Å². The van der Waals surface area contributed by atoms with Crippen LogP contribution in [-0.2, 0) is 19.6 Å². The first-order valence-corrected chi connectivity index (χ1v) is 16.8. The zero-order chi connectivity index (χ0) is 33.2. The van der Waals surface area contributed by atoms with Gasteiger partial charge in [0.1, 0.15) is 10.9 Å². The lowest BCUT2D eigenvalue weighted by molar-refractivity contribution is -0.116. The molecule has 0 radical (unpaired) electrons. The summed E-state index contributed by atoms with van der Waals surface area (Å²) in [5.74, 6) is -1.24. The van der Waals surface area contributed by atoms with Crippen molar-refractivity contribution in [1.82, 2.24) is 5.32 Å². The molecule has 0 saturated heterocycles. The summed E-state index contributed by atoms with van der Waals surface area (Å²) < 4.78 is 23.2. The van der Waals surface area contributed by atoms with Gasteiger partial charge in [-0.1, -0.05) is 78.9 Å². The van der Waals surface area contributed by atoms with Gasteiger partial charge in [-0.3, -0.25) is 14.4 Å². The zero-order valence-corrected chi connectivity index (χ0v) is 26.5. The summed E-state index contributed by atoms with van der Waals surface area (Å²) in [4.78, 5) is 40.4. The molecule has 11 heteroatoms. The molecule has 0 heterocycles. The van der Waals surface area contributed by atoms with Crippen LogP contribution in [0.3, 0.4) is 0 Å². The highest BCUT2D eigenvalue weighted by atomic mass is 32.2. The highest BCUT2D eigenvalue weighted by Crippen LogP contribution is 2.37. The van der Waals surface area contributed by atoms with Gasteiger partial charge >= 0.3 is 0 Å². The Hall–Kier alpha value is -5.49. The Morgan fingerprint density at radius 2 is 1.19 bits per heavy atom. The average molecular weight is 663 g/mol. The molecule has 0 aromatic heterocycles. The summed E-state index contributed by atoms with van der Waals surface area (Å²) in [6.45, 7) is 0. The number of carbonyl (C=O) groups is 3. The maximum atomic E-state index is 13.5. The molecule has 0 fully saturated rings. The molecule has 0 saturated carbocycles. The van der Waals surface area contributed by atoms with Crippen LogP contribution in [0.5, 0.6) is 0 Å². The molecule has 5 aromatic carbocycles. The van der Waals surface area contributed by atoms with Gasteiger partial charge in [0.25, 0.3) is 11.8 Å². The first-order valence-electron chi connectivity index (χ1n) is 14.4. The van der Waals surface area contributed by atoms with E-state index in [1.54, 1.807) is 60.7 Å². The Labute approximate surface area is 277 Å². The van der Waals surface area contributed by atoms with Crippen LogP contribution in [0, 0.1) is 0 Å². The molecular formula is C36H30N4O5S2. The highest BCUT2D eigenvalue weighted by Gasteiger charge is 2.23. The van der Waals surface area contributed by atoms with E-state index in [1.165, 1.54) is 36.0 Å². The van der Waals surface area contributed by atoms with E-state index < -0.39 is 27.1 Å². The van der Waals surface area contributed by atoms with E-state index in [2.05, 4.69) is 16.0 Å². The number of amides is 3. The molecule has 5 rings (SSSR count). The van der Waals surface area contributed by atoms with E-state index in [9.17, 15) is 22.8 Å². The third-order valence-electron chi connectivity index (χ3n) is 6.80. The number of sulfonamides is 1. The van der Waals surface area contributed by atoms with Crippen molar-refractivity contribution >= 4 is 57.0 Å². The molecule has 5 aromatic rings. The Kier molecular flexibility index (Phi) is 10.6. The maximum absolute atomic E-state index is 13.5. The normalized spacial score (nSPS) is 12.1. The van der Waals surface area contributed by atoms with Gasteiger partial charge < -0.3 is 16.0 Å². The molecule has 0 aliphatic carbocycles. The Balaban J connectivity index is 1.31. The molecule has 3 amide bonds. The van der Waals surface area contributed by atoms with Crippen LogP contribution in [0.25, 0.3) is 6.08 Å². The number of nitrogens with one attached hydrogen (secondary N) is 3. The second-order valence-corrected chi connectivity index (χ2v) is 13.0. The number of thioether (sulfide) groups is 1. The fraction of sp³-hybridized carbons (Fsp3) is 0.0278. The predicted molar refractivity (Wildman–Crippen MR) is 185 cm³/mol. The van der Waals surface area contributed by atoms with Crippen LogP contribution in [0.1, 0.15) is 26.7 Å². The number of carbonyl (C=O) groups excluding carboxylic acids is 3. The van der Waals surface area contributed by atoms with Crippen molar-refractivity contribution in [2.45, 2.75) is 15.0 Å². The number of benzene rings is 5. The minimum atomic E-state index is -3.86. The summed E-state index contributed by atoms with van der Waals surface area (Å²) in [7, 11) is -3.86. The van der Waals surface area contributed by atoms with Crippen LogP contribution in [-0.4, -0.2) is 26.1 Å². The quantitative estimate of drug-likeness (QED) is 0.0976. The van der Waals surface area contributed by atoms with Gasteiger partial charge in [0, 0.05) is 21.8 Å². The molecule has 0 spiro atoms. The van der Waals surface area contributed by atoms with Crippen LogP contribution in [0.2, 0.25) is 0 Å². The van der Waals surface area contributed by atoms with Crippen molar-refractivity contribution < 1.29 is 22.8 Å². The molecule has 0 aliphatic rings. The third-order valence-corrected chi connectivity index (χ3v) is 8.99. The molecule has 1 atom stereocenters. The standard InChI is InChI=1S/C36H30N4O5S2/c37-47(44,45)31-22-18-29(19-23-31)39-36(43)33(26-12-6-2-7-13-26)46-30-20-16-28(17-21-30)38-35(42)32(24-25-10-4-1-5-11-25)40-34(41)27-14-8-3-9-15-27/h1-24,33H,(H,38,42)(H,39,43)(H,40,41)(H2,37,44,45)/b32-24-. The van der Waals surface area contributed by atoms with Crippen LogP contribution in [0.15, 0.2) is 155 Å². The maximum Gasteiger partial charge on any atom is 0.272 e. The van der Waals surface area contributed by atoms with Crippen molar-refractivity contribution in [3.63, 3.8) is 0 Å². The molecule has 1 unspecified atom stereocenters. The predicted octanol–water partition coefficient (Wildman–Crippen LogP) is 6.22. The summed E-state index contributed by atoms with van der Waals surface area (Å²) >= 11 is 1.31. The van der Waals surface area contributed by atoms with Gasteiger partial charge in [-0.25, -0.2) is 13.6 Å². The van der Waals surface area contributed by atoms with Crippen LogP contribution in [0.4, 0.5) is 11.4 Å². The van der Waals surface area contributed by atoms with Gasteiger partial charge in [0.2, 0.25) is 15.9 Å². The number of anilines is 2. The number of hydrogen-bond acceptors (Lipinski definition) is 6.